The van der Waals surface area contributed by atoms with Gasteiger partial charge in [-0.05, 0) is 61.4 Å². The van der Waals surface area contributed by atoms with Crippen molar-refractivity contribution in [3.63, 3.8) is 0 Å². The smallest absolute Gasteiger partial charge is 0.416 e. The summed E-state index contributed by atoms with van der Waals surface area (Å²) in [5.41, 5.74) is 0.104. The van der Waals surface area contributed by atoms with E-state index in [4.69, 9.17) is 9.26 Å². The molecule has 0 unspecified atom stereocenters. The highest BCUT2D eigenvalue weighted by atomic mass is 19.4. The lowest BCUT2D eigenvalue weighted by Gasteiger charge is -2.23. The van der Waals surface area contributed by atoms with Gasteiger partial charge in [0.25, 0.3) is 11.8 Å². The quantitative estimate of drug-likeness (QED) is 0.616. The van der Waals surface area contributed by atoms with Crippen LogP contribution in [-0.4, -0.2) is 45.2 Å². The zero-order chi connectivity index (χ0) is 22.7. The number of carbonyl (C=O) groups is 1. The molecule has 1 N–H and O–H groups in total. The molecule has 0 spiro atoms. The molecule has 3 aromatic rings. The van der Waals surface area contributed by atoms with E-state index in [0.29, 0.717) is 23.4 Å². The highest BCUT2D eigenvalue weighted by molar-refractivity contribution is 5.94. The number of ether oxygens (including phenoxy) is 1. The standard InChI is InChI=1S/C22H20F3N3O4/c23-22(24,25)16-7-3-14(4-8-16)20-26-19(27-32-20)13-31-18-9-5-15(6-10-18)21(30)28-11-1-2-17(28)12-29/h3-10,17,29H,1-2,11-13H2/t17-/m1/s1. The summed E-state index contributed by atoms with van der Waals surface area (Å²) >= 11 is 0. The van der Waals surface area contributed by atoms with Crippen LogP contribution in [0, 0.1) is 0 Å². The molecule has 1 aromatic heterocycles. The summed E-state index contributed by atoms with van der Waals surface area (Å²) in [6, 6.07) is 10.9. The highest BCUT2D eigenvalue weighted by Crippen LogP contribution is 2.30. The molecule has 1 atom stereocenters. The Morgan fingerprint density at radius 3 is 2.53 bits per heavy atom. The van der Waals surface area contributed by atoms with Crippen LogP contribution < -0.4 is 4.74 Å². The molecule has 2 aromatic carbocycles. The van der Waals surface area contributed by atoms with Crippen LogP contribution in [0.15, 0.2) is 53.1 Å². The molecule has 0 aliphatic carbocycles. The van der Waals surface area contributed by atoms with E-state index >= 15 is 0 Å². The van der Waals surface area contributed by atoms with Gasteiger partial charge in [0, 0.05) is 17.7 Å². The van der Waals surface area contributed by atoms with Crippen molar-refractivity contribution in [2.45, 2.75) is 31.7 Å². The Kier molecular flexibility index (Phi) is 6.13. The van der Waals surface area contributed by atoms with E-state index in [1.54, 1.807) is 29.2 Å². The Morgan fingerprint density at radius 1 is 1.16 bits per heavy atom. The summed E-state index contributed by atoms with van der Waals surface area (Å²) < 4.78 is 48.7. The first-order valence-corrected chi connectivity index (χ1v) is 10.00. The molecular weight excluding hydrogens is 427 g/mol. The van der Waals surface area contributed by atoms with Crippen molar-refractivity contribution < 1.29 is 32.3 Å². The van der Waals surface area contributed by atoms with Crippen LogP contribution in [0.4, 0.5) is 13.2 Å². The van der Waals surface area contributed by atoms with Crippen molar-refractivity contribution in [2.75, 3.05) is 13.2 Å². The van der Waals surface area contributed by atoms with Crippen LogP contribution in [0.2, 0.25) is 0 Å². The second-order valence-electron chi connectivity index (χ2n) is 7.38. The van der Waals surface area contributed by atoms with Crippen LogP contribution in [0.25, 0.3) is 11.5 Å². The molecule has 2 heterocycles. The maximum atomic E-state index is 12.7. The molecule has 1 aliphatic rings. The fourth-order valence-corrected chi connectivity index (χ4v) is 3.53. The van der Waals surface area contributed by atoms with Crippen molar-refractivity contribution in [1.82, 2.24) is 15.0 Å². The Hall–Kier alpha value is -3.40. The normalized spacial score (nSPS) is 16.4. The molecule has 1 amide bonds. The molecule has 1 saturated heterocycles. The van der Waals surface area contributed by atoms with Crippen LogP contribution >= 0.6 is 0 Å². The second-order valence-corrected chi connectivity index (χ2v) is 7.38. The van der Waals surface area contributed by atoms with Crippen molar-refractivity contribution in [1.29, 1.82) is 0 Å². The van der Waals surface area contributed by atoms with E-state index in [0.717, 1.165) is 25.0 Å². The Labute approximate surface area is 181 Å². The molecular formula is C22H20F3N3O4. The number of aliphatic hydroxyl groups excluding tert-OH is 1. The van der Waals surface area contributed by atoms with E-state index in [9.17, 15) is 23.1 Å². The summed E-state index contributed by atoms with van der Waals surface area (Å²) in [6.45, 7) is 0.559. The minimum Gasteiger partial charge on any atom is -0.485 e. The Bertz CT molecular complexity index is 1070. The predicted octanol–water partition coefficient (Wildman–Crippen LogP) is 3.93. The minimum absolute atomic E-state index is 0.0177. The lowest BCUT2D eigenvalue weighted by Crippen LogP contribution is -2.37. The Morgan fingerprint density at radius 2 is 1.88 bits per heavy atom. The fraction of sp³-hybridized carbons (Fsp3) is 0.318. The van der Waals surface area contributed by atoms with Gasteiger partial charge in [0.15, 0.2) is 6.61 Å². The average Bonchev–Trinajstić information content (AvgIpc) is 3.46. The van der Waals surface area contributed by atoms with Crippen LogP contribution in [0.1, 0.15) is 34.6 Å². The number of likely N-dealkylation sites (tertiary alicyclic amines) is 1. The first kappa shape index (κ1) is 21.8. The highest BCUT2D eigenvalue weighted by Gasteiger charge is 2.30. The van der Waals surface area contributed by atoms with Crippen molar-refractivity contribution in [3.8, 4) is 17.2 Å². The third kappa shape index (κ3) is 4.75. The molecule has 10 heteroatoms. The number of carbonyl (C=O) groups excluding carboxylic acids is 1. The van der Waals surface area contributed by atoms with Gasteiger partial charge in [-0.1, -0.05) is 5.16 Å². The van der Waals surface area contributed by atoms with E-state index in [-0.39, 0.29) is 36.9 Å². The molecule has 1 aliphatic heterocycles. The van der Waals surface area contributed by atoms with Gasteiger partial charge < -0.3 is 19.3 Å². The number of halogens is 3. The number of rotatable bonds is 6. The molecule has 1 fully saturated rings. The SMILES string of the molecule is O=C(c1ccc(OCc2noc(-c3ccc(C(F)(F)F)cc3)n2)cc1)N1CCC[C@@H]1CO. The Balaban J connectivity index is 1.35. The summed E-state index contributed by atoms with van der Waals surface area (Å²) in [5, 5.41) is 13.2. The van der Waals surface area contributed by atoms with E-state index < -0.39 is 11.7 Å². The summed E-state index contributed by atoms with van der Waals surface area (Å²) in [5.74, 6) is 0.667. The number of hydrogen-bond acceptors (Lipinski definition) is 6. The summed E-state index contributed by atoms with van der Waals surface area (Å²) in [7, 11) is 0. The monoisotopic (exact) mass is 447 g/mol. The lowest BCUT2D eigenvalue weighted by molar-refractivity contribution is -0.137. The van der Waals surface area contributed by atoms with Crippen molar-refractivity contribution in [3.05, 3.63) is 65.5 Å². The van der Waals surface area contributed by atoms with E-state index in [2.05, 4.69) is 10.1 Å². The second kappa shape index (κ2) is 8.99. The summed E-state index contributed by atoms with van der Waals surface area (Å²) in [6.07, 6.45) is -2.75. The first-order valence-electron chi connectivity index (χ1n) is 10.00. The number of alkyl halides is 3. The zero-order valence-electron chi connectivity index (χ0n) is 16.9. The van der Waals surface area contributed by atoms with E-state index in [1.165, 1.54) is 12.1 Å². The predicted molar refractivity (Wildman–Crippen MR) is 107 cm³/mol. The number of aliphatic hydroxyl groups is 1. The van der Waals surface area contributed by atoms with Crippen LogP contribution in [0.5, 0.6) is 5.75 Å². The molecule has 4 rings (SSSR count). The van der Waals surface area contributed by atoms with Crippen LogP contribution in [0.3, 0.4) is 0 Å². The van der Waals surface area contributed by atoms with Gasteiger partial charge in [0.1, 0.15) is 5.75 Å². The van der Waals surface area contributed by atoms with Gasteiger partial charge in [0.2, 0.25) is 5.82 Å². The van der Waals surface area contributed by atoms with E-state index in [1.807, 2.05) is 0 Å². The van der Waals surface area contributed by atoms with Crippen molar-refractivity contribution in [2.24, 2.45) is 0 Å². The topological polar surface area (TPSA) is 88.7 Å². The third-order valence-corrected chi connectivity index (χ3v) is 5.25. The van der Waals surface area contributed by atoms with Gasteiger partial charge in [-0.3, -0.25) is 4.79 Å². The fourth-order valence-electron chi connectivity index (χ4n) is 3.53. The average molecular weight is 447 g/mol. The number of hydrogen-bond donors (Lipinski definition) is 1. The molecule has 0 radical (unpaired) electrons. The number of aromatic nitrogens is 2. The van der Waals surface area contributed by atoms with Crippen molar-refractivity contribution >= 4 is 5.91 Å². The zero-order valence-corrected chi connectivity index (χ0v) is 16.9. The number of amides is 1. The molecule has 0 saturated carbocycles. The lowest BCUT2D eigenvalue weighted by atomic mass is 10.1. The van der Waals surface area contributed by atoms with Gasteiger partial charge in [0.05, 0.1) is 18.2 Å². The third-order valence-electron chi connectivity index (χ3n) is 5.25. The number of nitrogens with zero attached hydrogens (tertiary/aromatic N) is 3. The van der Waals surface area contributed by atoms with Gasteiger partial charge in [-0.2, -0.15) is 18.2 Å². The molecule has 7 nitrogen and oxygen atoms in total. The molecule has 32 heavy (non-hydrogen) atoms. The minimum atomic E-state index is -4.42. The molecule has 168 valence electrons. The van der Waals surface area contributed by atoms with Gasteiger partial charge >= 0.3 is 6.18 Å². The maximum absolute atomic E-state index is 12.7. The molecule has 0 bridgehead atoms. The van der Waals surface area contributed by atoms with Crippen LogP contribution in [-0.2, 0) is 12.8 Å². The first-order chi connectivity index (χ1) is 15.3. The maximum Gasteiger partial charge on any atom is 0.416 e. The number of benzene rings is 2. The largest absolute Gasteiger partial charge is 0.485 e. The summed E-state index contributed by atoms with van der Waals surface area (Å²) in [4.78, 5) is 18.4. The van der Waals surface area contributed by atoms with Gasteiger partial charge in [-0.25, -0.2) is 0 Å². The van der Waals surface area contributed by atoms with Gasteiger partial charge in [-0.15, -0.1) is 0 Å².